The molecular weight excluding hydrogens is 325 g/mol. The van der Waals surface area contributed by atoms with Gasteiger partial charge in [0.05, 0.1) is 0 Å². The Morgan fingerprint density at radius 1 is 1.00 bits per heavy atom. The summed E-state index contributed by atoms with van der Waals surface area (Å²) in [5, 5.41) is 4.48. The zero-order valence-corrected chi connectivity index (χ0v) is 12.5. The maximum absolute atomic E-state index is 12.0. The van der Waals surface area contributed by atoms with Crippen LogP contribution in [0.3, 0.4) is 0 Å². The van der Waals surface area contributed by atoms with E-state index in [-0.39, 0.29) is 5.69 Å². The molecular formula is C16H13F3N2O3. The number of imide groups is 1. The lowest BCUT2D eigenvalue weighted by Crippen LogP contribution is -2.34. The number of anilines is 1. The number of amides is 3. The van der Waals surface area contributed by atoms with Crippen LogP contribution in [0.1, 0.15) is 15.9 Å². The second-order valence-corrected chi connectivity index (χ2v) is 4.80. The van der Waals surface area contributed by atoms with Crippen LogP contribution >= 0.6 is 0 Å². The van der Waals surface area contributed by atoms with E-state index in [1.807, 2.05) is 0 Å². The molecule has 5 nitrogen and oxygen atoms in total. The highest BCUT2D eigenvalue weighted by Crippen LogP contribution is 2.23. The molecule has 0 aliphatic heterocycles. The highest BCUT2D eigenvalue weighted by atomic mass is 19.4. The lowest BCUT2D eigenvalue weighted by Gasteiger charge is -2.10. The Hall–Kier alpha value is -3.03. The number of hydrogen-bond donors (Lipinski definition) is 2. The molecule has 0 saturated heterocycles. The zero-order valence-electron chi connectivity index (χ0n) is 12.5. The first-order valence-corrected chi connectivity index (χ1v) is 6.78. The van der Waals surface area contributed by atoms with Crippen molar-refractivity contribution in [3.63, 3.8) is 0 Å². The molecule has 126 valence electrons. The Labute approximate surface area is 135 Å². The molecule has 0 spiro atoms. The number of benzene rings is 2. The largest absolute Gasteiger partial charge is 0.573 e. The minimum Gasteiger partial charge on any atom is -0.406 e. The Balaban J connectivity index is 1.95. The van der Waals surface area contributed by atoms with E-state index >= 15 is 0 Å². The number of nitrogens with one attached hydrogen (secondary N) is 2. The van der Waals surface area contributed by atoms with E-state index in [0.29, 0.717) is 11.1 Å². The number of rotatable bonds is 3. The van der Waals surface area contributed by atoms with Crippen LogP contribution in [0.25, 0.3) is 0 Å². The minimum absolute atomic E-state index is 0.208. The molecule has 0 radical (unpaired) electrons. The van der Waals surface area contributed by atoms with Crippen LogP contribution < -0.4 is 15.4 Å². The van der Waals surface area contributed by atoms with Gasteiger partial charge in [-0.25, -0.2) is 4.79 Å². The van der Waals surface area contributed by atoms with E-state index in [1.165, 1.54) is 12.1 Å². The number of alkyl halides is 3. The molecule has 2 rings (SSSR count). The molecule has 0 aromatic heterocycles. The predicted molar refractivity (Wildman–Crippen MR) is 80.8 cm³/mol. The van der Waals surface area contributed by atoms with Gasteiger partial charge in [-0.15, -0.1) is 13.2 Å². The number of carbonyl (C=O) groups excluding carboxylic acids is 2. The summed E-state index contributed by atoms with van der Waals surface area (Å²) in [5.74, 6) is -0.993. The Morgan fingerprint density at radius 2 is 1.62 bits per heavy atom. The number of urea groups is 1. The van der Waals surface area contributed by atoms with Crippen LogP contribution in [-0.4, -0.2) is 18.3 Å². The van der Waals surface area contributed by atoms with E-state index < -0.39 is 24.1 Å². The van der Waals surface area contributed by atoms with E-state index in [4.69, 9.17) is 0 Å². The molecule has 8 heteroatoms. The van der Waals surface area contributed by atoms with Gasteiger partial charge >= 0.3 is 12.4 Å². The van der Waals surface area contributed by atoms with Gasteiger partial charge in [-0.2, -0.15) is 0 Å². The maximum atomic E-state index is 12.0. The molecule has 2 N–H and O–H groups in total. The monoisotopic (exact) mass is 338 g/mol. The van der Waals surface area contributed by atoms with Gasteiger partial charge in [0.25, 0.3) is 5.91 Å². The van der Waals surface area contributed by atoms with Crippen LogP contribution in [0, 0.1) is 6.92 Å². The van der Waals surface area contributed by atoms with Crippen LogP contribution in [0.4, 0.5) is 23.7 Å². The predicted octanol–water partition coefficient (Wildman–Crippen LogP) is 3.86. The van der Waals surface area contributed by atoms with Crippen molar-refractivity contribution in [2.24, 2.45) is 0 Å². The second-order valence-electron chi connectivity index (χ2n) is 4.80. The Morgan fingerprint density at radius 3 is 2.21 bits per heavy atom. The van der Waals surface area contributed by atoms with Crippen LogP contribution in [0.5, 0.6) is 5.75 Å². The van der Waals surface area contributed by atoms with Gasteiger partial charge in [0.1, 0.15) is 5.75 Å². The van der Waals surface area contributed by atoms with E-state index in [1.54, 1.807) is 31.2 Å². The number of ether oxygens (including phenoxy) is 1. The van der Waals surface area contributed by atoms with E-state index in [2.05, 4.69) is 15.4 Å². The Kier molecular flexibility index (Phi) is 5.08. The summed E-state index contributed by atoms with van der Waals surface area (Å²) in [6.45, 7) is 1.73. The molecule has 0 aliphatic rings. The van der Waals surface area contributed by atoms with Crippen molar-refractivity contribution < 1.29 is 27.5 Å². The molecule has 0 saturated carbocycles. The van der Waals surface area contributed by atoms with Gasteiger partial charge in [-0.3, -0.25) is 10.1 Å². The second kappa shape index (κ2) is 7.03. The summed E-state index contributed by atoms with van der Waals surface area (Å²) >= 11 is 0. The highest BCUT2D eigenvalue weighted by Gasteiger charge is 2.30. The summed E-state index contributed by atoms with van der Waals surface area (Å²) in [5.41, 5.74) is 1.26. The third-order valence-electron chi connectivity index (χ3n) is 2.96. The van der Waals surface area contributed by atoms with Crippen LogP contribution in [0.2, 0.25) is 0 Å². The standard InChI is InChI=1S/C16H13F3N2O3/c1-10-4-2-3-5-13(10)14(22)21-15(23)20-11-6-8-12(9-7-11)24-16(17,18)19/h2-9H,1H3,(H2,20,21,22,23). The summed E-state index contributed by atoms with van der Waals surface area (Å²) in [7, 11) is 0. The quantitative estimate of drug-likeness (QED) is 0.893. The summed E-state index contributed by atoms with van der Waals surface area (Å²) in [4.78, 5) is 23.7. The zero-order chi connectivity index (χ0) is 17.7. The minimum atomic E-state index is -4.79. The van der Waals surface area contributed by atoms with Gasteiger partial charge in [-0.05, 0) is 42.8 Å². The fourth-order valence-electron chi connectivity index (χ4n) is 1.90. The molecule has 0 fully saturated rings. The summed E-state index contributed by atoms with van der Waals surface area (Å²) < 4.78 is 39.9. The number of aryl methyl sites for hydroxylation is 1. The van der Waals surface area contributed by atoms with Crippen molar-refractivity contribution in [1.82, 2.24) is 5.32 Å². The van der Waals surface area contributed by atoms with Crippen molar-refractivity contribution in [3.05, 3.63) is 59.7 Å². The molecule has 2 aromatic rings. The fourth-order valence-corrected chi connectivity index (χ4v) is 1.90. The van der Waals surface area contributed by atoms with Crippen LogP contribution in [-0.2, 0) is 0 Å². The molecule has 0 unspecified atom stereocenters. The molecule has 24 heavy (non-hydrogen) atoms. The third-order valence-corrected chi connectivity index (χ3v) is 2.96. The molecule has 2 aromatic carbocycles. The van der Waals surface area contributed by atoms with Gasteiger partial charge in [0, 0.05) is 11.3 Å². The first kappa shape index (κ1) is 17.3. The molecule has 0 atom stereocenters. The first-order valence-electron chi connectivity index (χ1n) is 6.78. The Bertz CT molecular complexity index is 743. The van der Waals surface area contributed by atoms with Crippen molar-refractivity contribution in [2.75, 3.05) is 5.32 Å². The lowest BCUT2D eigenvalue weighted by atomic mass is 10.1. The number of hydrogen-bond acceptors (Lipinski definition) is 3. The van der Waals surface area contributed by atoms with Crippen molar-refractivity contribution in [2.45, 2.75) is 13.3 Å². The van der Waals surface area contributed by atoms with Gasteiger partial charge in [-0.1, -0.05) is 18.2 Å². The number of halogens is 3. The number of carbonyl (C=O) groups is 2. The topological polar surface area (TPSA) is 67.4 Å². The highest BCUT2D eigenvalue weighted by molar-refractivity contribution is 6.08. The van der Waals surface area contributed by atoms with Gasteiger partial charge in [0.15, 0.2) is 0 Å². The molecule has 0 aliphatic carbocycles. The summed E-state index contributed by atoms with van der Waals surface area (Å²) in [6.07, 6.45) is -4.79. The normalized spacial score (nSPS) is 10.8. The average molecular weight is 338 g/mol. The smallest absolute Gasteiger partial charge is 0.406 e. The van der Waals surface area contributed by atoms with Gasteiger partial charge < -0.3 is 10.1 Å². The first-order chi connectivity index (χ1) is 11.2. The van der Waals surface area contributed by atoms with Crippen molar-refractivity contribution >= 4 is 17.6 Å². The SMILES string of the molecule is Cc1ccccc1C(=O)NC(=O)Nc1ccc(OC(F)(F)F)cc1. The fraction of sp³-hybridized carbons (Fsp3) is 0.125. The molecule has 0 heterocycles. The van der Waals surface area contributed by atoms with Crippen molar-refractivity contribution in [1.29, 1.82) is 0 Å². The lowest BCUT2D eigenvalue weighted by molar-refractivity contribution is -0.274. The van der Waals surface area contributed by atoms with Gasteiger partial charge in [0.2, 0.25) is 0 Å². The van der Waals surface area contributed by atoms with Crippen LogP contribution in [0.15, 0.2) is 48.5 Å². The van der Waals surface area contributed by atoms with E-state index in [0.717, 1.165) is 12.1 Å². The van der Waals surface area contributed by atoms with E-state index in [9.17, 15) is 22.8 Å². The summed E-state index contributed by atoms with van der Waals surface area (Å²) in [6, 6.07) is 10.5. The van der Waals surface area contributed by atoms with Crippen molar-refractivity contribution in [3.8, 4) is 5.75 Å². The molecule has 3 amide bonds. The average Bonchev–Trinajstić information content (AvgIpc) is 2.48. The third kappa shape index (κ3) is 5.01. The maximum Gasteiger partial charge on any atom is 0.573 e. The molecule has 0 bridgehead atoms.